The van der Waals surface area contributed by atoms with Gasteiger partial charge in [-0.3, -0.25) is 4.79 Å². The lowest BCUT2D eigenvalue weighted by atomic mass is 9.42. The third-order valence-corrected chi connectivity index (χ3v) is 14.5. The Labute approximate surface area is 233 Å². The fourth-order valence-corrected chi connectivity index (χ4v) is 12.9. The molecule has 0 heterocycles. The van der Waals surface area contributed by atoms with Crippen molar-refractivity contribution in [3.05, 3.63) is 66.2 Å². The van der Waals surface area contributed by atoms with E-state index in [0.717, 1.165) is 24.2 Å². The van der Waals surface area contributed by atoms with Gasteiger partial charge in [-0.1, -0.05) is 69.3 Å². The summed E-state index contributed by atoms with van der Waals surface area (Å²) in [5.74, 6) is 3.81. The predicted octanol–water partition coefficient (Wildman–Crippen LogP) is 8.57. The van der Waals surface area contributed by atoms with Gasteiger partial charge in [0.2, 0.25) is 0 Å². The molecule has 0 amide bonds. The molecular formula is C35H46O2S. The summed E-state index contributed by atoms with van der Waals surface area (Å²) in [6, 6.07) is 21.2. The summed E-state index contributed by atoms with van der Waals surface area (Å²) in [6.07, 6.45) is 10.6. The minimum Gasteiger partial charge on any atom is -0.611 e. The minimum atomic E-state index is -1.13. The van der Waals surface area contributed by atoms with Crippen molar-refractivity contribution in [2.24, 2.45) is 46.3 Å². The molecule has 0 aromatic heterocycles. The molecule has 4 fully saturated rings. The summed E-state index contributed by atoms with van der Waals surface area (Å²) in [7, 11) is 0. The van der Waals surface area contributed by atoms with Gasteiger partial charge in [-0.2, -0.15) is 0 Å². The largest absolute Gasteiger partial charge is 0.611 e. The molecular weight excluding hydrogens is 484 g/mol. The average molecular weight is 531 g/mol. The van der Waals surface area contributed by atoms with Crippen LogP contribution in [0.1, 0.15) is 91.0 Å². The van der Waals surface area contributed by atoms with Gasteiger partial charge < -0.3 is 4.55 Å². The van der Waals surface area contributed by atoms with Crippen molar-refractivity contribution in [2.45, 2.75) is 95.1 Å². The van der Waals surface area contributed by atoms with E-state index in [1.165, 1.54) is 44.1 Å². The molecule has 0 bridgehead atoms. The molecule has 2 aromatic carbocycles. The van der Waals surface area contributed by atoms with Gasteiger partial charge in [-0.15, -0.1) is 0 Å². The summed E-state index contributed by atoms with van der Waals surface area (Å²) >= 11 is -1.13. The van der Waals surface area contributed by atoms with Gasteiger partial charge in [-0.25, -0.2) is 0 Å². The average Bonchev–Trinajstić information content (AvgIpc) is 3.30. The van der Waals surface area contributed by atoms with Gasteiger partial charge in [0.15, 0.2) is 9.64 Å². The molecule has 4 saturated carbocycles. The first kappa shape index (κ1) is 26.6. The molecule has 38 heavy (non-hydrogen) atoms. The molecule has 3 unspecified atom stereocenters. The van der Waals surface area contributed by atoms with Crippen molar-refractivity contribution in [1.29, 1.82) is 0 Å². The van der Waals surface area contributed by atoms with E-state index in [-0.39, 0.29) is 21.5 Å². The normalized spacial score (nSPS) is 43.0. The lowest BCUT2D eigenvalue weighted by molar-refractivity contribution is -0.138. The van der Waals surface area contributed by atoms with E-state index < -0.39 is 11.2 Å². The van der Waals surface area contributed by atoms with E-state index in [1.54, 1.807) is 0 Å². The number of hydrogen-bond donors (Lipinski definition) is 0. The Bertz CT molecular complexity index is 1150. The molecule has 2 aromatic rings. The third-order valence-electron chi connectivity index (χ3n) is 12.5. The number of benzene rings is 2. The molecule has 2 nitrogen and oxygen atoms in total. The number of fused-ring (bicyclic) bond motifs is 5. The van der Waals surface area contributed by atoms with Crippen LogP contribution in [0.4, 0.5) is 0 Å². The molecule has 0 N–H and O–H groups in total. The lowest BCUT2D eigenvalue weighted by Gasteiger charge is -2.64. The van der Waals surface area contributed by atoms with Gasteiger partial charge in [0, 0.05) is 23.8 Å². The smallest absolute Gasteiger partial charge is 0.159 e. The van der Waals surface area contributed by atoms with Gasteiger partial charge in [0.25, 0.3) is 0 Å². The van der Waals surface area contributed by atoms with E-state index in [9.17, 15) is 9.35 Å². The van der Waals surface area contributed by atoms with Crippen LogP contribution in [0.15, 0.2) is 65.6 Å². The van der Waals surface area contributed by atoms with Crippen LogP contribution in [-0.2, 0) is 20.7 Å². The second-order valence-corrected chi connectivity index (χ2v) is 15.5. The van der Waals surface area contributed by atoms with Crippen molar-refractivity contribution in [2.75, 3.05) is 0 Å². The summed E-state index contributed by atoms with van der Waals surface area (Å²) in [4.78, 5) is 13.6. The Morgan fingerprint density at radius 3 is 2.21 bits per heavy atom. The molecule has 4 aliphatic rings. The zero-order valence-corrected chi connectivity index (χ0v) is 24.6. The number of rotatable bonds is 5. The van der Waals surface area contributed by atoms with Crippen LogP contribution in [0.2, 0.25) is 0 Å². The fourth-order valence-electron chi connectivity index (χ4n) is 10.7. The number of hydrogen-bond acceptors (Lipinski definition) is 2. The maximum atomic E-state index is 14.9. The maximum Gasteiger partial charge on any atom is 0.159 e. The second-order valence-electron chi connectivity index (χ2n) is 13.8. The highest BCUT2D eigenvalue weighted by Gasteiger charge is 2.66. The van der Waals surface area contributed by atoms with E-state index >= 15 is 0 Å². The first-order valence-electron chi connectivity index (χ1n) is 15.3. The molecule has 0 radical (unpaired) electrons. The highest BCUT2D eigenvalue weighted by Crippen LogP contribution is 2.71. The van der Waals surface area contributed by atoms with E-state index in [2.05, 4.69) is 63.2 Å². The molecule has 10 atom stereocenters. The van der Waals surface area contributed by atoms with Crippen LogP contribution in [0.3, 0.4) is 0 Å². The van der Waals surface area contributed by atoms with Gasteiger partial charge in [0.1, 0.15) is 5.78 Å². The van der Waals surface area contributed by atoms with Crippen LogP contribution < -0.4 is 0 Å². The van der Waals surface area contributed by atoms with Crippen molar-refractivity contribution in [3.8, 4) is 0 Å². The summed E-state index contributed by atoms with van der Waals surface area (Å²) in [5.41, 5.74) is 1.62. The summed E-state index contributed by atoms with van der Waals surface area (Å²) in [6.45, 7) is 9.21. The quantitative estimate of drug-likeness (QED) is 0.363. The molecule has 3 heteroatoms. The van der Waals surface area contributed by atoms with Crippen molar-refractivity contribution < 1.29 is 9.35 Å². The van der Waals surface area contributed by atoms with Gasteiger partial charge in [-0.05, 0) is 116 Å². The zero-order valence-electron chi connectivity index (χ0n) is 23.8. The van der Waals surface area contributed by atoms with Gasteiger partial charge in [0.05, 0.1) is 0 Å². The van der Waals surface area contributed by atoms with Crippen LogP contribution in [-0.4, -0.2) is 10.3 Å². The van der Waals surface area contributed by atoms with Crippen molar-refractivity contribution >= 4 is 17.0 Å². The Balaban J connectivity index is 1.43. The SMILES string of the molecule is CCC1C[C@@H]2CC[C@@H]3[C@H](CC[C@]4(C)[C@@H](C(C)=O)CC[C@@H]34)[C@@]2(C)CC1(c1ccccc1)[S+]([O-])c1ccccc1. The minimum absolute atomic E-state index is 0.171. The molecule has 0 aliphatic heterocycles. The Kier molecular flexibility index (Phi) is 6.87. The standard InChI is InChI=1S/C35H46O2S/c1-5-25-22-27-16-17-29-31-19-18-30(24(2)36)33(31,3)21-20-32(29)34(27,4)23-35(25,26-12-8-6-9-13-26)38(37)28-14-10-7-11-15-28/h6-15,25,27,29-32H,5,16-23H2,1-4H3/t25?,27-,29-,30+,31-,32-,33+,34-,35?,38?/m0/s1. The van der Waals surface area contributed by atoms with Crippen molar-refractivity contribution in [1.82, 2.24) is 0 Å². The lowest BCUT2D eigenvalue weighted by Crippen LogP contribution is -2.60. The van der Waals surface area contributed by atoms with Gasteiger partial charge >= 0.3 is 0 Å². The zero-order chi connectivity index (χ0) is 26.7. The first-order chi connectivity index (χ1) is 18.3. The molecule has 0 saturated heterocycles. The van der Waals surface area contributed by atoms with Crippen LogP contribution in [0.25, 0.3) is 0 Å². The monoisotopic (exact) mass is 530 g/mol. The van der Waals surface area contributed by atoms with E-state index in [4.69, 9.17) is 0 Å². The Morgan fingerprint density at radius 2 is 1.55 bits per heavy atom. The number of carbonyl (C=O) groups excluding carboxylic acids is 1. The molecule has 4 aliphatic carbocycles. The van der Waals surface area contributed by atoms with E-state index in [0.29, 0.717) is 35.4 Å². The third kappa shape index (κ3) is 3.81. The predicted molar refractivity (Wildman–Crippen MR) is 156 cm³/mol. The highest BCUT2D eigenvalue weighted by molar-refractivity contribution is 7.92. The molecule has 6 rings (SSSR count). The second kappa shape index (κ2) is 9.81. The topological polar surface area (TPSA) is 40.1 Å². The van der Waals surface area contributed by atoms with Crippen LogP contribution >= 0.6 is 0 Å². The fraction of sp³-hybridized carbons (Fsp3) is 0.629. The molecule has 0 spiro atoms. The van der Waals surface area contributed by atoms with Crippen molar-refractivity contribution in [3.63, 3.8) is 0 Å². The van der Waals surface area contributed by atoms with E-state index in [1.807, 2.05) is 25.1 Å². The molecule has 204 valence electrons. The summed E-state index contributed by atoms with van der Waals surface area (Å²) < 4.78 is 14.5. The maximum absolute atomic E-state index is 14.9. The summed E-state index contributed by atoms with van der Waals surface area (Å²) in [5, 5.41) is 0. The number of ketones is 1. The first-order valence-corrected chi connectivity index (χ1v) is 16.4. The van der Waals surface area contributed by atoms with Crippen LogP contribution in [0, 0.1) is 46.3 Å². The van der Waals surface area contributed by atoms with Crippen LogP contribution in [0.5, 0.6) is 0 Å². The number of carbonyl (C=O) groups is 1. The highest BCUT2D eigenvalue weighted by atomic mass is 32.2. The Hall–Kier alpha value is -1.58. The number of Topliss-reactive ketones (excluding diaryl/α,β-unsaturated/α-hetero) is 1. The Morgan fingerprint density at radius 1 is 0.895 bits per heavy atom.